The molecule has 0 unspecified atom stereocenters. The van der Waals surface area contributed by atoms with Crippen LogP contribution in [-0.2, 0) is 17.9 Å². The molecule has 3 rings (SSSR count). The minimum atomic E-state index is -0.624. The van der Waals surface area contributed by atoms with Crippen molar-refractivity contribution >= 4 is 28.8 Å². The van der Waals surface area contributed by atoms with E-state index in [2.05, 4.69) is 13.0 Å². The Labute approximate surface area is 168 Å². The highest BCUT2D eigenvalue weighted by Gasteiger charge is 2.24. The fraction of sp³-hybridized carbons (Fsp3) is 0.286. The normalized spacial score (nSPS) is 12.0. The Morgan fingerprint density at radius 2 is 2.04 bits per heavy atom. The summed E-state index contributed by atoms with van der Waals surface area (Å²) < 4.78 is 11.3. The Kier molecular flexibility index (Phi) is 6.24. The molecule has 3 aromatic rings. The first-order valence-electron chi connectivity index (χ1n) is 8.71. The Morgan fingerprint density at radius 3 is 2.67 bits per heavy atom. The van der Waals surface area contributed by atoms with E-state index in [0.717, 1.165) is 16.2 Å². The van der Waals surface area contributed by atoms with Gasteiger partial charge in [-0.25, -0.2) is 0 Å². The van der Waals surface area contributed by atoms with Crippen molar-refractivity contribution in [3.63, 3.8) is 0 Å². The first-order valence-corrected chi connectivity index (χ1v) is 9.96. The number of aryl methyl sites for hydroxylation is 2. The van der Waals surface area contributed by atoms with Crippen LogP contribution >= 0.6 is 22.9 Å². The standard InChI is InChI=1S/C21H22ClNO3S/c1-14-8-10-27-20(14)13-23(12-18-5-4-9-25-18)21(24)16(3)26-17-6-7-19(22)15(2)11-17/h4-11,16H,12-13H2,1-3H3/t16-/m0/s1. The Bertz CT molecular complexity index is 904. The van der Waals surface area contributed by atoms with E-state index >= 15 is 0 Å². The average Bonchev–Trinajstić information content (AvgIpc) is 3.29. The van der Waals surface area contributed by atoms with Gasteiger partial charge in [-0.3, -0.25) is 4.79 Å². The number of halogens is 1. The molecule has 6 heteroatoms. The molecule has 27 heavy (non-hydrogen) atoms. The first-order chi connectivity index (χ1) is 12.9. The van der Waals surface area contributed by atoms with Crippen molar-refractivity contribution in [1.82, 2.24) is 4.90 Å². The molecule has 0 radical (unpaired) electrons. The number of benzene rings is 1. The molecule has 4 nitrogen and oxygen atoms in total. The summed E-state index contributed by atoms with van der Waals surface area (Å²) in [5, 5.41) is 2.71. The summed E-state index contributed by atoms with van der Waals surface area (Å²) >= 11 is 7.71. The molecule has 0 saturated heterocycles. The van der Waals surface area contributed by atoms with E-state index < -0.39 is 6.10 Å². The van der Waals surface area contributed by atoms with Gasteiger partial charge < -0.3 is 14.1 Å². The number of carbonyl (C=O) groups excluding carboxylic acids is 1. The van der Waals surface area contributed by atoms with E-state index in [0.29, 0.717) is 23.9 Å². The number of furan rings is 1. The molecule has 1 amide bonds. The van der Waals surface area contributed by atoms with Gasteiger partial charge in [-0.1, -0.05) is 11.6 Å². The molecule has 2 aromatic heterocycles. The van der Waals surface area contributed by atoms with Gasteiger partial charge >= 0.3 is 0 Å². The zero-order chi connectivity index (χ0) is 19.4. The van der Waals surface area contributed by atoms with E-state index in [1.54, 1.807) is 41.6 Å². The van der Waals surface area contributed by atoms with Gasteiger partial charge in [0, 0.05) is 9.90 Å². The number of amides is 1. The second kappa shape index (κ2) is 8.63. The van der Waals surface area contributed by atoms with Crippen LogP contribution in [0.2, 0.25) is 5.02 Å². The molecule has 0 spiro atoms. The fourth-order valence-electron chi connectivity index (χ4n) is 2.74. The van der Waals surface area contributed by atoms with E-state index in [4.69, 9.17) is 20.8 Å². The first kappa shape index (κ1) is 19.5. The van der Waals surface area contributed by atoms with Gasteiger partial charge in [-0.15, -0.1) is 11.3 Å². The molecule has 142 valence electrons. The lowest BCUT2D eigenvalue weighted by atomic mass is 10.2. The summed E-state index contributed by atoms with van der Waals surface area (Å²) in [4.78, 5) is 16.0. The van der Waals surface area contributed by atoms with Crippen LogP contribution in [0.3, 0.4) is 0 Å². The molecule has 2 heterocycles. The summed E-state index contributed by atoms with van der Waals surface area (Å²) in [5.41, 5.74) is 2.09. The van der Waals surface area contributed by atoms with Crippen LogP contribution in [0.5, 0.6) is 5.75 Å². The van der Waals surface area contributed by atoms with Crippen LogP contribution in [0.4, 0.5) is 0 Å². The third-order valence-corrected chi connectivity index (χ3v) is 5.76. The topological polar surface area (TPSA) is 42.7 Å². The number of thiophene rings is 1. The smallest absolute Gasteiger partial charge is 0.264 e. The van der Waals surface area contributed by atoms with Crippen molar-refractivity contribution in [2.75, 3.05) is 0 Å². The molecule has 0 saturated carbocycles. The number of hydrogen-bond donors (Lipinski definition) is 0. The molecular formula is C21H22ClNO3S. The Morgan fingerprint density at radius 1 is 1.22 bits per heavy atom. The minimum Gasteiger partial charge on any atom is -0.481 e. The molecular weight excluding hydrogens is 382 g/mol. The monoisotopic (exact) mass is 403 g/mol. The predicted molar refractivity (Wildman–Crippen MR) is 108 cm³/mol. The zero-order valence-electron chi connectivity index (χ0n) is 15.6. The van der Waals surface area contributed by atoms with Crippen LogP contribution in [0.25, 0.3) is 0 Å². The van der Waals surface area contributed by atoms with Crippen LogP contribution in [0, 0.1) is 13.8 Å². The quantitative estimate of drug-likeness (QED) is 0.515. The number of nitrogens with zero attached hydrogens (tertiary/aromatic N) is 1. The van der Waals surface area contributed by atoms with Gasteiger partial charge in [-0.05, 0) is 73.7 Å². The highest BCUT2D eigenvalue weighted by molar-refractivity contribution is 7.10. The number of carbonyl (C=O) groups is 1. The fourth-order valence-corrected chi connectivity index (χ4v) is 3.78. The van der Waals surface area contributed by atoms with Gasteiger partial charge in [0.1, 0.15) is 11.5 Å². The molecule has 0 aliphatic rings. The average molecular weight is 404 g/mol. The van der Waals surface area contributed by atoms with Gasteiger partial charge in [0.2, 0.25) is 0 Å². The molecule has 0 fully saturated rings. The van der Waals surface area contributed by atoms with Crippen molar-refractivity contribution < 1.29 is 13.9 Å². The van der Waals surface area contributed by atoms with Crippen molar-refractivity contribution in [3.8, 4) is 5.75 Å². The molecule has 0 aliphatic heterocycles. The van der Waals surface area contributed by atoms with Crippen molar-refractivity contribution in [2.24, 2.45) is 0 Å². The lowest BCUT2D eigenvalue weighted by Crippen LogP contribution is -2.39. The van der Waals surface area contributed by atoms with Gasteiger partial charge in [0.05, 0.1) is 19.4 Å². The maximum Gasteiger partial charge on any atom is 0.264 e. The van der Waals surface area contributed by atoms with E-state index in [1.807, 2.05) is 30.5 Å². The Balaban J connectivity index is 1.76. The number of hydrogen-bond acceptors (Lipinski definition) is 4. The van der Waals surface area contributed by atoms with Gasteiger partial charge in [0.15, 0.2) is 6.10 Å². The van der Waals surface area contributed by atoms with E-state index in [1.165, 1.54) is 5.56 Å². The molecule has 0 bridgehead atoms. The Hall–Kier alpha value is -2.24. The molecule has 0 aliphatic carbocycles. The van der Waals surface area contributed by atoms with Crippen molar-refractivity contribution in [2.45, 2.75) is 40.0 Å². The summed E-state index contributed by atoms with van der Waals surface area (Å²) in [6.07, 6.45) is 0.992. The van der Waals surface area contributed by atoms with Gasteiger partial charge in [0.25, 0.3) is 5.91 Å². The second-order valence-electron chi connectivity index (χ2n) is 6.47. The van der Waals surface area contributed by atoms with Crippen LogP contribution in [0.15, 0.2) is 52.5 Å². The third kappa shape index (κ3) is 4.93. The van der Waals surface area contributed by atoms with E-state index in [9.17, 15) is 4.79 Å². The van der Waals surface area contributed by atoms with Crippen LogP contribution in [0.1, 0.15) is 28.7 Å². The highest BCUT2D eigenvalue weighted by atomic mass is 35.5. The second-order valence-corrected chi connectivity index (χ2v) is 7.88. The van der Waals surface area contributed by atoms with E-state index in [-0.39, 0.29) is 5.91 Å². The maximum absolute atomic E-state index is 13.1. The van der Waals surface area contributed by atoms with Crippen molar-refractivity contribution in [3.05, 3.63) is 74.8 Å². The lowest BCUT2D eigenvalue weighted by Gasteiger charge is -2.25. The highest BCUT2D eigenvalue weighted by Crippen LogP contribution is 2.24. The predicted octanol–water partition coefficient (Wildman–Crippen LogP) is 5.61. The minimum absolute atomic E-state index is 0.0909. The number of rotatable bonds is 7. The zero-order valence-corrected chi connectivity index (χ0v) is 17.1. The van der Waals surface area contributed by atoms with Gasteiger partial charge in [-0.2, -0.15) is 0 Å². The largest absolute Gasteiger partial charge is 0.481 e. The third-order valence-electron chi connectivity index (χ3n) is 4.33. The van der Waals surface area contributed by atoms with Crippen LogP contribution in [-0.4, -0.2) is 16.9 Å². The molecule has 0 N–H and O–H groups in total. The molecule has 1 atom stereocenters. The summed E-state index contributed by atoms with van der Waals surface area (Å²) in [6.45, 7) is 6.65. The van der Waals surface area contributed by atoms with Crippen LogP contribution < -0.4 is 4.74 Å². The maximum atomic E-state index is 13.1. The summed E-state index contributed by atoms with van der Waals surface area (Å²) in [5.74, 6) is 1.28. The number of ether oxygens (including phenoxy) is 1. The van der Waals surface area contributed by atoms with Crippen molar-refractivity contribution in [1.29, 1.82) is 0 Å². The molecule has 1 aromatic carbocycles. The lowest BCUT2D eigenvalue weighted by molar-refractivity contribution is -0.139. The SMILES string of the molecule is Cc1cc(O[C@@H](C)C(=O)N(Cc2ccco2)Cc2sccc2C)ccc1Cl. The summed E-state index contributed by atoms with van der Waals surface area (Å²) in [6, 6.07) is 11.2. The summed E-state index contributed by atoms with van der Waals surface area (Å²) in [7, 11) is 0.